The fraction of sp³-hybridized carbons (Fsp3) is 0.789. The fourth-order valence-electron chi connectivity index (χ4n) is 7.14. The van der Waals surface area contributed by atoms with Crippen molar-refractivity contribution in [1.82, 2.24) is 42.5 Å². The van der Waals surface area contributed by atoms with Crippen molar-refractivity contribution in [3.63, 3.8) is 0 Å². The average Bonchev–Trinajstić information content (AvgIpc) is 3.27. The molecule has 0 bridgehead atoms. The van der Waals surface area contributed by atoms with Gasteiger partial charge in [-0.2, -0.15) is 0 Å². The van der Waals surface area contributed by atoms with Crippen LogP contribution in [0.2, 0.25) is 0 Å². The quantitative estimate of drug-likeness (QED) is 0.0269. The molecule has 0 aromatic carbocycles. The first kappa shape index (κ1) is 77.2. The van der Waals surface area contributed by atoms with Crippen molar-refractivity contribution in [3.05, 3.63) is 0 Å². The summed E-state index contributed by atoms with van der Waals surface area (Å²) in [4.78, 5) is 161. The molecule has 27 heteroatoms. The molecular formula is C57H100N8O19. The van der Waals surface area contributed by atoms with E-state index < -0.39 is 187 Å². The molecule has 0 heterocycles. The normalized spacial score (nSPS) is 14.3. The first-order chi connectivity index (χ1) is 38.0. The second-order valence-electron chi connectivity index (χ2n) is 26.6. The van der Waals surface area contributed by atoms with Gasteiger partial charge < -0.3 is 76.1 Å². The third kappa shape index (κ3) is 38.9. The Bertz CT molecular complexity index is 2250. The van der Waals surface area contributed by atoms with Gasteiger partial charge in [0, 0.05) is 19.4 Å². The predicted molar refractivity (Wildman–Crippen MR) is 307 cm³/mol. The Morgan fingerprint density at radius 1 is 0.393 bits per heavy atom. The zero-order valence-corrected chi connectivity index (χ0v) is 53.3. The Kier molecular flexibility index (Phi) is 31.5. The summed E-state index contributed by atoms with van der Waals surface area (Å²) in [5, 5.41) is 29.6. The van der Waals surface area contributed by atoms with Gasteiger partial charge in [0.2, 0.25) is 35.4 Å². The third-order valence-electron chi connectivity index (χ3n) is 10.5. The minimum Gasteiger partial charge on any atom is -0.480 e. The molecule has 8 amide bonds. The second kappa shape index (κ2) is 34.2. The van der Waals surface area contributed by atoms with E-state index in [-0.39, 0.29) is 31.7 Å². The van der Waals surface area contributed by atoms with Crippen molar-refractivity contribution < 1.29 is 91.1 Å². The van der Waals surface area contributed by atoms with Gasteiger partial charge in [0.1, 0.15) is 64.3 Å². The number of nitrogens with one attached hydrogen (secondary N) is 8. The van der Waals surface area contributed by atoms with E-state index in [2.05, 4.69) is 42.5 Å². The van der Waals surface area contributed by atoms with E-state index in [0.29, 0.717) is 6.42 Å². The number of ether oxygens (including phenoxy) is 6. The van der Waals surface area contributed by atoms with Crippen molar-refractivity contribution in [2.75, 3.05) is 19.7 Å². The SMILES string of the molecule is CC(C)C[C@H](NC(=O)[C@H](COC(C)(C)C)NC(=O)[C@H](CCC(=O)OC(C)(C)C)NC(=O)[C@H](CCC(=O)OC(C)(C)C)NC(=O)[C@H](CC(=O)OC(C)(C)C)NC(=O)CNC(=O)[C@H](CCCCNC(=O)OC(C)(C)C)NC(=O)OC(C)(C)C)C(=O)O. The highest BCUT2D eigenvalue weighted by Crippen LogP contribution is 2.17. The van der Waals surface area contributed by atoms with Gasteiger partial charge in [-0.15, -0.1) is 0 Å². The zero-order chi connectivity index (χ0) is 65.4. The van der Waals surface area contributed by atoms with Gasteiger partial charge in [0.05, 0.1) is 25.2 Å². The Balaban J connectivity index is 7.24. The summed E-state index contributed by atoms with van der Waals surface area (Å²) in [6.45, 7) is 31.5. The number of carbonyl (C=O) groups excluding carboxylic acids is 11. The standard InChI is InChI=1S/C57H100N8O19/c1-33(2)29-38(49(75)76)63-48(74)39(32-79-52(3,4)5)64-46(72)36(25-27-42(68)81-54(9,10)11)61-45(71)35(24-26-41(67)80-53(6,7)8)62-47(73)37(30-43(69)82-55(12,13)14)60-40(66)31-59-44(70)34(65-51(78)84-57(18,19)20)23-21-22-28-58-50(77)83-56(15,16)17/h33-39H,21-32H2,1-20H3,(H,58,77)(H,59,70)(H,60,66)(H,61,71)(H,62,73)(H,63,74)(H,64,72)(H,65,78)(H,75,76)/t34-,35-,36-,37-,38-,39-/m0/s1. The number of carboxylic acid groups (broad SMARTS) is 1. The lowest BCUT2D eigenvalue weighted by Gasteiger charge is -2.29. The van der Waals surface area contributed by atoms with Gasteiger partial charge in [0.25, 0.3) is 0 Å². The summed E-state index contributed by atoms with van der Waals surface area (Å²) in [5.74, 6) is -10.3. The highest BCUT2D eigenvalue weighted by molar-refractivity contribution is 5.98. The van der Waals surface area contributed by atoms with E-state index in [1.807, 2.05) is 0 Å². The second-order valence-corrected chi connectivity index (χ2v) is 26.6. The first-order valence-corrected chi connectivity index (χ1v) is 28.3. The zero-order valence-electron chi connectivity index (χ0n) is 53.3. The lowest BCUT2D eigenvalue weighted by Crippen LogP contribution is -2.60. The van der Waals surface area contributed by atoms with E-state index in [1.54, 1.807) is 138 Å². The molecule has 0 aliphatic heterocycles. The molecule has 0 spiro atoms. The van der Waals surface area contributed by atoms with Crippen molar-refractivity contribution >= 4 is 71.5 Å². The summed E-state index contributed by atoms with van der Waals surface area (Å²) in [5.41, 5.74) is -5.61. The van der Waals surface area contributed by atoms with Crippen molar-refractivity contribution in [2.24, 2.45) is 5.92 Å². The number of rotatable bonds is 31. The molecule has 0 aliphatic carbocycles. The summed E-state index contributed by atoms with van der Waals surface area (Å²) in [7, 11) is 0. The van der Waals surface area contributed by atoms with Gasteiger partial charge >= 0.3 is 36.1 Å². The van der Waals surface area contributed by atoms with Crippen LogP contribution in [0.5, 0.6) is 0 Å². The van der Waals surface area contributed by atoms with E-state index in [0.717, 1.165) is 0 Å². The maximum atomic E-state index is 14.6. The van der Waals surface area contributed by atoms with Crippen LogP contribution < -0.4 is 42.5 Å². The molecule has 0 saturated carbocycles. The summed E-state index contributed by atoms with van der Waals surface area (Å²) >= 11 is 0. The molecule has 0 aromatic rings. The average molecular weight is 1200 g/mol. The molecule has 482 valence electrons. The van der Waals surface area contributed by atoms with Crippen LogP contribution in [-0.2, 0) is 76.4 Å². The lowest BCUT2D eigenvalue weighted by atomic mass is 10.0. The number of aliphatic carboxylic acids is 1. The Morgan fingerprint density at radius 3 is 1.21 bits per heavy atom. The van der Waals surface area contributed by atoms with Gasteiger partial charge in [-0.25, -0.2) is 14.4 Å². The molecule has 27 nitrogen and oxygen atoms in total. The number of amides is 8. The molecule has 6 atom stereocenters. The van der Waals surface area contributed by atoms with Crippen LogP contribution in [0.15, 0.2) is 0 Å². The Labute approximate surface area is 495 Å². The number of hydrogen-bond acceptors (Lipinski definition) is 18. The van der Waals surface area contributed by atoms with E-state index in [9.17, 15) is 62.6 Å². The molecule has 0 aliphatic rings. The predicted octanol–water partition coefficient (Wildman–Crippen LogP) is 4.04. The van der Waals surface area contributed by atoms with E-state index in [1.165, 1.54) is 0 Å². The number of alkyl carbamates (subject to hydrolysis) is 2. The molecule has 0 fully saturated rings. The van der Waals surface area contributed by atoms with Crippen LogP contribution >= 0.6 is 0 Å². The summed E-state index contributed by atoms with van der Waals surface area (Å²) < 4.78 is 32.7. The van der Waals surface area contributed by atoms with Gasteiger partial charge in [-0.3, -0.25) is 43.2 Å². The van der Waals surface area contributed by atoms with Crippen molar-refractivity contribution in [3.8, 4) is 0 Å². The highest BCUT2D eigenvalue weighted by Gasteiger charge is 2.36. The minimum atomic E-state index is -1.84. The molecule has 0 radical (unpaired) electrons. The molecule has 0 saturated heterocycles. The molecule has 0 rings (SSSR count). The highest BCUT2D eigenvalue weighted by atomic mass is 16.6. The topological polar surface area (TPSA) is 377 Å². The van der Waals surface area contributed by atoms with Gasteiger partial charge in [-0.05, 0) is 169 Å². The Morgan fingerprint density at radius 2 is 0.786 bits per heavy atom. The van der Waals surface area contributed by atoms with Crippen LogP contribution in [0, 0.1) is 5.92 Å². The number of hydrogen-bond donors (Lipinski definition) is 9. The smallest absolute Gasteiger partial charge is 0.408 e. The Hall–Kier alpha value is -6.80. The first-order valence-electron chi connectivity index (χ1n) is 28.3. The van der Waals surface area contributed by atoms with Crippen molar-refractivity contribution in [1.29, 1.82) is 0 Å². The minimum absolute atomic E-state index is 0.00974. The summed E-state index contributed by atoms with van der Waals surface area (Å²) in [6, 6.07) is -9.51. The van der Waals surface area contributed by atoms with Crippen LogP contribution in [0.4, 0.5) is 9.59 Å². The number of esters is 3. The molecule has 84 heavy (non-hydrogen) atoms. The molecule has 9 N–H and O–H groups in total. The third-order valence-corrected chi connectivity index (χ3v) is 10.5. The van der Waals surface area contributed by atoms with Gasteiger partial charge in [-0.1, -0.05) is 13.8 Å². The van der Waals surface area contributed by atoms with E-state index >= 15 is 0 Å². The number of carboxylic acids is 1. The maximum Gasteiger partial charge on any atom is 0.408 e. The number of carbonyl (C=O) groups is 12. The largest absolute Gasteiger partial charge is 0.480 e. The number of unbranched alkanes of at least 4 members (excludes halogenated alkanes) is 1. The van der Waals surface area contributed by atoms with Crippen LogP contribution in [-0.4, -0.2) is 166 Å². The van der Waals surface area contributed by atoms with Crippen LogP contribution in [0.3, 0.4) is 0 Å². The van der Waals surface area contributed by atoms with Crippen molar-refractivity contribution in [2.45, 2.75) is 266 Å². The molecular weight excluding hydrogens is 1100 g/mol. The molecule has 0 aromatic heterocycles. The van der Waals surface area contributed by atoms with Gasteiger partial charge in [0.15, 0.2) is 0 Å². The van der Waals surface area contributed by atoms with E-state index in [4.69, 9.17) is 28.4 Å². The monoisotopic (exact) mass is 1200 g/mol. The summed E-state index contributed by atoms with van der Waals surface area (Å²) in [6.07, 6.45) is -3.77. The lowest BCUT2D eigenvalue weighted by molar-refractivity contribution is -0.157. The maximum absolute atomic E-state index is 14.6. The molecule has 0 unspecified atom stereocenters. The van der Waals surface area contributed by atoms with Crippen LogP contribution in [0.25, 0.3) is 0 Å². The fourth-order valence-corrected chi connectivity index (χ4v) is 7.14. The van der Waals surface area contributed by atoms with Crippen LogP contribution in [0.1, 0.15) is 196 Å².